The highest BCUT2D eigenvalue weighted by Crippen LogP contribution is 2.28. The number of nitrogens with zero attached hydrogens (tertiary/aromatic N) is 3. The van der Waals surface area contributed by atoms with Gasteiger partial charge in [0.25, 0.3) is 0 Å². The average Bonchev–Trinajstić information content (AvgIpc) is 3.08. The van der Waals surface area contributed by atoms with Crippen LogP contribution in [0.25, 0.3) is 11.3 Å². The lowest BCUT2D eigenvalue weighted by Gasteiger charge is -2.07. The van der Waals surface area contributed by atoms with Crippen molar-refractivity contribution >= 4 is 28.8 Å². The highest BCUT2D eigenvalue weighted by atomic mass is 32.1. The summed E-state index contributed by atoms with van der Waals surface area (Å²) in [6.07, 6.45) is 0.569. The number of pyridine rings is 1. The number of hydrogen-bond donors (Lipinski definition) is 1. The van der Waals surface area contributed by atoms with Gasteiger partial charge in [0.15, 0.2) is 5.69 Å². The predicted octanol–water partition coefficient (Wildman–Crippen LogP) is 3.86. The van der Waals surface area contributed by atoms with Crippen LogP contribution in [0.3, 0.4) is 0 Å². The second kappa shape index (κ2) is 8.57. The fourth-order valence-corrected chi connectivity index (χ4v) is 3.61. The molecule has 3 aromatic rings. The summed E-state index contributed by atoms with van der Waals surface area (Å²) < 4.78 is 4.62. The van der Waals surface area contributed by atoms with Gasteiger partial charge in [-0.15, -0.1) is 11.3 Å². The third-order valence-electron chi connectivity index (χ3n) is 3.98. The zero-order chi connectivity index (χ0) is 20.1. The molecule has 0 saturated carbocycles. The van der Waals surface area contributed by atoms with E-state index >= 15 is 0 Å². The molecule has 0 radical (unpaired) electrons. The molecule has 0 atom stereocenters. The van der Waals surface area contributed by atoms with Crippen LogP contribution in [-0.4, -0.2) is 34.5 Å². The molecule has 0 saturated heterocycles. The Morgan fingerprint density at radius 1 is 1.21 bits per heavy atom. The first-order valence-electron chi connectivity index (χ1n) is 8.49. The van der Waals surface area contributed by atoms with Crippen LogP contribution < -0.4 is 5.32 Å². The maximum absolute atomic E-state index is 11.6. The normalized spacial score (nSPS) is 10.5. The molecule has 0 aliphatic rings. The maximum Gasteiger partial charge on any atom is 0.356 e. The third kappa shape index (κ3) is 4.32. The molecule has 2 heterocycles. The lowest BCUT2D eigenvalue weighted by Crippen LogP contribution is -2.12. The number of nitro groups is 1. The number of carbonyl (C=O) groups is 1. The molecule has 8 nitrogen and oxygen atoms in total. The summed E-state index contributed by atoms with van der Waals surface area (Å²) in [7, 11) is 1.23. The molecule has 28 heavy (non-hydrogen) atoms. The van der Waals surface area contributed by atoms with E-state index in [1.165, 1.54) is 19.2 Å². The Labute approximate surface area is 165 Å². The quantitative estimate of drug-likeness (QED) is 0.366. The molecule has 0 spiro atoms. The Hall–Kier alpha value is -3.33. The van der Waals surface area contributed by atoms with Crippen LogP contribution in [-0.2, 0) is 11.2 Å². The smallest absolute Gasteiger partial charge is 0.356 e. The number of benzene rings is 1. The van der Waals surface area contributed by atoms with Gasteiger partial charge in [-0.05, 0) is 13.0 Å². The Balaban J connectivity index is 1.73. The molecular weight excluding hydrogens is 380 g/mol. The molecule has 1 N–H and O–H groups in total. The van der Waals surface area contributed by atoms with Crippen molar-refractivity contribution in [2.45, 2.75) is 13.3 Å². The van der Waals surface area contributed by atoms with Crippen LogP contribution in [0.4, 0.5) is 11.5 Å². The summed E-state index contributed by atoms with van der Waals surface area (Å²) in [6, 6.07) is 12.4. The number of esters is 1. The zero-order valence-electron chi connectivity index (χ0n) is 15.3. The van der Waals surface area contributed by atoms with Gasteiger partial charge in [0, 0.05) is 29.5 Å². The minimum absolute atomic E-state index is 0.00653. The zero-order valence-corrected chi connectivity index (χ0v) is 16.2. The van der Waals surface area contributed by atoms with E-state index in [9.17, 15) is 14.9 Å². The van der Waals surface area contributed by atoms with Crippen LogP contribution in [0, 0.1) is 17.0 Å². The first-order chi connectivity index (χ1) is 13.5. The highest BCUT2D eigenvalue weighted by Gasteiger charge is 2.19. The van der Waals surface area contributed by atoms with Crippen LogP contribution >= 0.6 is 11.3 Å². The van der Waals surface area contributed by atoms with E-state index in [2.05, 4.69) is 20.0 Å². The molecule has 1 aromatic carbocycles. The molecule has 9 heteroatoms. The van der Waals surface area contributed by atoms with Crippen LogP contribution in [0.1, 0.15) is 20.4 Å². The number of methoxy groups -OCH3 is 1. The number of rotatable bonds is 7. The van der Waals surface area contributed by atoms with Crippen molar-refractivity contribution in [3.05, 3.63) is 68.2 Å². The molecule has 0 aliphatic carbocycles. The molecule has 0 aliphatic heterocycles. The molecule has 3 rings (SSSR count). The minimum atomic E-state index is -0.652. The van der Waals surface area contributed by atoms with Crippen LogP contribution in [0.2, 0.25) is 0 Å². The standard InChI is InChI=1S/C19H18N4O4S/c1-12-17(13-6-4-3-5-7-13)22-16(28-12)10-11-20-18-15(23(25)26)9-8-14(21-18)19(24)27-2/h3-9H,10-11H2,1-2H3,(H,20,21). The van der Waals surface area contributed by atoms with Gasteiger partial charge in [-0.1, -0.05) is 30.3 Å². The minimum Gasteiger partial charge on any atom is -0.464 e. The maximum atomic E-state index is 11.6. The first-order valence-corrected chi connectivity index (χ1v) is 9.30. The van der Waals surface area contributed by atoms with E-state index in [4.69, 9.17) is 0 Å². The van der Waals surface area contributed by atoms with Crippen LogP contribution in [0.5, 0.6) is 0 Å². The van der Waals surface area contributed by atoms with Crippen molar-refractivity contribution in [2.75, 3.05) is 19.0 Å². The van der Waals surface area contributed by atoms with E-state index in [-0.39, 0.29) is 17.2 Å². The molecule has 0 bridgehead atoms. The molecule has 0 fully saturated rings. The van der Waals surface area contributed by atoms with Crippen molar-refractivity contribution < 1.29 is 14.5 Å². The van der Waals surface area contributed by atoms with Gasteiger partial charge in [0.05, 0.1) is 22.7 Å². The van der Waals surface area contributed by atoms with Crippen molar-refractivity contribution in [3.63, 3.8) is 0 Å². The molecule has 2 aromatic heterocycles. The lowest BCUT2D eigenvalue weighted by atomic mass is 10.1. The van der Waals surface area contributed by atoms with Gasteiger partial charge >= 0.3 is 11.7 Å². The van der Waals surface area contributed by atoms with E-state index < -0.39 is 10.9 Å². The summed E-state index contributed by atoms with van der Waals surface area (Å²) in [5.74, 6) is -0.620. The van der Waals surface area contributed by atoms with Gasteiger partial charge in [-0.25, -0.2) is 14.8 Å². The second-order valence-corrected chi connectivity index (χ2v) is 7.16. The average molecular weight is 398 g/mol. The largest absolute Gasteiger partial charge is 0.464 e. The van der Waals surface area contributed by atoms with E-state index in [1.807, 2.05) is 37.3 Å². The summed E-state index contributed by atoms with van der Waals surface area (Å²) in [5.41, 5.74) is 1.80. The van der Waals surface area contributed by atoms with Gasteiger partial charge in [0.2, 0.25) is 5.82 Å². The second-order valence-electron chi connectivity index (χ2n) is 5.87. The number of nitrogens with one attached hydrogen (secondary N) is 1. The van der Waals surface area contributed by atoms with E-state index in [0.717, 1.165) is 21.1 Å². The topological polar surface area (TPSA) is 107 Å². The summed E-state index contributed by atoms with van der Waals surface area (Å²) in [4.78, 5) is 32.1. The van der Waals surface area contributed by atoms with Crippen LogP contribution in [0.15, 0.2) is 42.5 Å². The first kappa shape index (κ1) is 19.4. The molecule has 144 valence electrons. The monoisotopic (exact) mass is 398 g/mol. The van der Waals surface area contributed by atoms with Crippen molar-refractivity contribution in [3.8, 4) is 11.3 Å². The summed E-state index contributed by atoms with van der Waals surface area (Å²) in [6.45, 7) is 2.41. The van der Waals surface area contributed by atoms with E-state index in [1.54, 1.807) is 11.3 Å². The molecule has 0 unspecified atom stereocenters. The number of carbonyl (C=O) groups excluding carboxylic acids is 1. The molecule has 0 amide bonds. The number of aryl methyl sites for hydroxylation is 1. The predicted molar refractivity (Wildman–Crippen MR) is 107 cm³/mol. The number of hydrogen-bond acceptors (Lipinski definition) is 8. The van der Waals surface area contributed by atoms with Crippen molar-refractivity contribution in [1.82, 2.24) is 9.97 Å². The lowest BCUT2D eigenvalue weighted by molar-refractivity contribution is -0.384. The fraction of sp³-hybridized carbons (Fsp3) is 0.211. The summed E-state index contributed by atoms with van der Waals surface area (Å²) >= 11 is 1.59. The fourth-order valence-electron chi connectivity index (χ4n) is 2.66. The number of thiazole rings is 1. The third-order valence-corrected chi connectivity index (χ3v) is 5.02. The SMILES string of the molecule is COC(=O)c1ccc([N+](=O)[O-])c(NCCc2nc(-c3ccccc3)c(C)s2)n1. The van der Waals surface area contributed by atoms with Crippen molar-refractivity contribution in [2.24, 2.45) is 0 Å². The van der Waals surface area contributed by atoms with Crippen molar-refractivity contribution in [1.29, 1.82) is 0 Å². The summed E-state index contributed by atoms with van der Waals surface area (Å²) in [5, 5.41) is 15.1. The number of aromatic nitrogens is 2. The molecular formula is C19H18N4O4S. The number of anilines is 1. The van der Waals surface area contributed by atoms with Gasteiger partial charge in [0.1, 0.15) is 0 Å². The van der Waals surface area contributed by atoms with Gasteiger partial charge in [-0.2, -0.15) is 0 Å². The van der Waals surface area contributed by atoms with E-state index in [0.29, 0.717) is 13.0 Å². The number of ether oxygens (including phenoxy) is 1. The van der Waals surface area contributed by atoms with Gasteiger partial charge < -0.3 is 10.1 Å². The van der Waals surface area contributed by atoms with Gasteiger partial charge in [-0.3, -0.25) is 10.1 Å². The Morgan fingerprint density at radius 3 is 2.64 bits per heavy atom. The Kier molecular flexibility index (Phi) is 5.95. The Morgan fingerprint density at radius 2 is 1.96 bits per heavy atom. The Bertz CT molecular complexity index is 1000. The highest BCUT2D eigenvalue weighted by molar-refractivity contribution is 7.12.